The molecular weight excluding hydrogens is 357 g/mol. The summed E-state index contributed by atoms with van der Waals surface area (Å²) in [5.74, 6) is -1.47. The Kier molecular flexibility index (Phi) is 5.02. The van der Waals surface area contributed by atoms with E-state index in [-0.39, 0.29) is 27.8 Å². The predicted octanol–water partition coefficient (Wildman–Crippen LogP) is 2.10. The number of anilines is 1. The summed E-state index contributed by atoms with van der Waals surface area (Å²) in [4.78, 5) is 39.0. The molecule has 0 spiro atoms. The van der Waals surface area contributed by atoms with Crippen molar-refractivity contribution in [2.75, 3.05) is 31.1 Å². The molecule has 1 saturated heterocycles. The number of fused-ring (bicyclic) bond motifs is 1. The van der Waals surface area contributed by atoms with Crippen molar-refractivity contribution in [2.24, 2.45) is 0 Å². The second-order valence-corrected chi connectivity index (χ2v) is 6.38. The smallest absolute Gasteiger partial charge is 0.409 e. The molecule has 1 aliphatic rings. The van der Waals surface area contributed by atoms with E-state index in [1.54, 1.807) is 17.9 Å². The lowest BCUT2D eigenvalue weighted by atomic mass is 10.1. The third kappa shape index (κ3) is 3.44. The van der Waals surface area contributed by atoms with Crippen molar-refractivity contribution in [2.45, 2.75) is 19.9 Å². The number of hydrogen-bond donors (Lipinski definition) is 1. The lowest BCUT2D eigenvalue weighted by Gasteiger charge is -2.40. The molecule has 0 radical (unpaired) electrons. The molecule has 0 saturated carbocycles. The van der Waals surface area contributed by atoms with E-state index >= 15 is 0 Å². The van der Waals surface area contributed by atoms with Gasteiger partial charge < -0.3 is 19.6 Å². The summed E-state index contributed by atoms with van der Waals surface area (Å²) in [5, 5.41) is 9.02. The third-order valence-electron chi connectivity index (χ3n) is 4.66. The van der Waals surface area contributed by atoms with E-state index < -0.39 is 17.0 Å². The number of amides is 1. The highest BCUT2D eigenvalue weighted by Crippen LogP contribution is 2.25. The number of carbonyl (C=O) groups is 2. The molecule has 1 aromatic heterocycles. The molecule has 8 nitrogen and oxygen atoms in total. The standard InChI is InChI=1S/C18H20FN3O5/c1-3-27-18(26)20-6-7-21(11(2)9-20)12-4-5-13-15(8-12)22(19)10-14(16(13)23)17(24)25/h4-5,8,10-11H,3,6-7,9H2,1-2H3,(H,24,25). The second-order valence-electron chi connectivity index (χ2n) is 6.38. The summed E-state index contributed by atoms with van der Waals surface area (Å²) in [6.07, 6.45) is 0.320. The van der Waals surface area contributed by atoms with Gasteiger partial charge in [0.1, 0.15) is 5.56 Å². The maximum atomic E-state index is 14.3. The maximum Gasteiger partial charge on any atom is 0.409 e. The molecule has 0 aliphatic carbocycles. The van der Waals surface area contributed by atoms with Crippen LogP contribution >= 0.6 is 0 Å². The van der Waals surface area contributed by atoms with E-state index in [1.165, 1.54) is 12.1 Å². The van der Waals surface area contributed by atoms with E-state index in [4.69, 9.17) is 9.84 Å². The Morgan fingerprint density at radius 3 is 2.70 bits per heavy atom. The van der Waals surface area contributed by atoms with Gasteiger partial charge in [-0.1, -0.05) is 4.48 Å². The Balaban J connectivity index is 1.91. The van der Waals surface area contributed by atoms with Gasteiger partial charge in [-0.15, -0.1) is 0 Å². The van der Waals surface area contributed by atoms with Crippen molar-refractivity contribution in [1.82, 2.24) is 9.69 Å². The number of pyridine rings is 1. The average Bonchev–Trinajstić information content (AvgIpc) is 2.64. The van der Waals surface area contributed by atoms with Crippen LogP contribution in [0, 0.1) is 0 Å². The summed E-state index contributed by atoms with van der Waals surface area (Å²) < 4.78 is 19.3. The highest BCUT2D eigenvalue weighted by molar-refractivity contribution is 5.93. The minimum Gasteiger partial charge on any atom is -0.477 e. The molecule has 0 bridgehead atoms. The van der Waals surface area contributed by atoms with Crippen LogP contribution in [0.25, 0.3) is 10.9 Å². The van der Waals surface area contributed by atoms with Gasteiger partial charge in [0.05, 0.1) is 18.3 Å². The maximum absolute atomic E-state index is 14.3. The first-order chi connectivity index (χ1) is 12.8. The Morgan fingerprint density at radius 1 is 1.33 bits per heavy atom. The number of carboxylic acid groups (broad SMARTS) is 1. The number of aromatic carboxylic acids is 1. The minimum absolute atomic E-state index is 0.000961. The molecule has 2 aromatic rings. The van der Waals surface area contributed by atoms with Crippen molar-refractivity contribution < 1.29 is 23.9 Å². The molecule has 1 unspecified atom stereocenters. The van der Waals surface area contributed by atoms with Crippen LogP contribution in [-0.2, 0) is 4.74 Å². The molecule has 27 heavy (non-hydrogen) atoms. The van der Waals surface area contributed by atoms with Gasteiger partial charge in [-0.3, -0.25) is 4.79 Å². The van der Waals surface area contributed by atoms with Gasteiger partial charge in [0, 0.05) is 36.7 Å². The Labute approximate surface area is 154 Å². The van der Waals surface area contributed by atoms with E-state index in [9.17, 15) is 18.9 Å². The third-order valence-corrected chi connectivity index (χ3v) is 4.66. The molecular formula is C18H20FN3O5. The zero-order valence-electron chi connectivity index (χ0n) is 15.0. The number of ether oxygens (including phenoxy) is 1. The number of halogens is 1. The highest BCUT2D eigenvalue weighted by Gasteiger charge is 2.28. The predicted molar refractivity (Wildman–Crippen MR) is 97.1 cm³/mol. The zero-order valence-corrected chi connectivity index (χ0v) is 15.0. The highest BCUT2D eigenvalue weighted by atomic mass is 19.2. The summed E-state index contributed by atoms with van der Waals surface area (Å²) in [6.45, 7) is 5.43. The van der Waals surface area contributed by atoms with Crippen molar-refractivity contribution in [1.29, 1.82) is 0 Å². The van der Waals surface area contributed by atoms with Crippen molar-refractivity contribution in [3.8, 4) is 0 Å². The fraction of sp³-hybridized carbons (Fsp3) is 0.389. The van der Waals surface area contributed by atoms with Crippen LogP contribution in [0.5, 0.6) is 0 Å². The lowest BCUT2D eigenvalue weighted by Crippen LogP contribution is -2.53. The van der Waals surface area contributed by atoms with Gasteiger partial charge in [0.15, 0.2) is 0 Å². The van der Waals surface area contributed by atoms with Crippen LogP contribution in [0.2, 0.25) is 0 Å². The lowest BCUT2D eigenvalue weighted by molar-refractivity contribution is 0.0693. The van der Waals surface area contributed by atoms with Gasteiger partial charge in [-0.25, -0.2) is 9.59 Å². The van der Waals surface area contributed by atoms with E-state index in [1.807, 2.05) is 11.8 Å². The number of carboxylic acids is 1. The number of nitrogens with zero attached hydrogens (tertiary/aromatic N) is 3. The largest absolute Gasteiger partial charge is 0.477 e. The fourth-order valence-corrected chi connectivity index (χ4v) is 3.33. The van der Waals surface area contributed by atoms with Gasteiger partial charge in [-0.2, -0.15) is 4.79 Å². The first-order valence-electron chi connectivity index (χ1n) is 8.60. The Morgan fingerprint density at radius 2 is 2.07 bits per heavy atom. The molecule has 1 atom stereocenters. The Bertz CT molecular complexity index is 958. The molecule has 1 aromatic carbocycles. The Hall–Kier alpha value is -3.10. The van der Waals surface area contributed by atoms with Gasteiger partial charge in [-0.05, 0) is 32.0 Å². The van der Waals surface area contributed by atoms with Crippen LogP contribution in [0.1, 0.15) is 24.2 Å². The normalized spacial score (nSPS) is 17.2. The number of hydrogen-bond acceptors (Lipinski definition) is 5. The number of benzene rings is 1. The van der Waals surface area contributed by atoms with Crippen LogP contribution < -0.4 is 10.3 Å². The average molecular weight is 377 g/mol. The van der Waals surface area contributed by atoms with Crippen molar-refractivity contribution >= 4 is 28.7 Å². The SMILES string of the molecule is CCOC(=O)N1CCN(c2ccc3c(=O)c(C(=O)O)cn(F)c3c2)C(C)C1. The molecule has 144 valence electrons. The number of carbonyl (C=O) groups excluding carboxylic acids is 1. The fourth-order valence-electron chi connectivity index (χ4n) is 3.33. The van der Waals surface area contributed by atoms with Crippen LogP contribution in [0.3, 0.4) is 0 Å². The summed E-state index contributed by atoms with van der Waals surface area (Å²) in [5.41, 5.74) is -0.651. The van der Waals surface area contributed by atoms with Gasteiger partial charge in [0.2, 0.25) is 5.43 Å². The molecule has 2 heterocycles. The van der Waals surface area contributed by atoms with E-state index in [0.29, 0.717) is 38.1 Å². The quantitative estimate of drug-likeness (QED) is 0.881. The second kappa shape index (κ2) is 7.26. The van der Waals surface area contributed by atoms with E-state index in [2.05, 4.69) is 0 Å². The summed E-state index contributed by atoms with van der Waals surface area (Å²) >= 11 is 0. The topological polar surface area (TPSA) is 92.1 Å². The van der Waals surface area contributed by atoms with Crippen molar-refractivity contribution in [3.05, 3.63) is 40.2 Å². The first-order valence-corrected chi connectivity index (χ1v) is 8.60. The van der Waals surface area contributed by atoms with Crippen LogP contribution in [0.4, 0.5) is 15.0 Å². The summed E-state index contributed by atoms with van der Waals surface area (Å²) in [7, 11) is 0. The van der Waals surface area contributed by atoms with E-state index in [0.717, 1.165) is 0 Å². The monoisotopic (exact) mass is 377 g/mol. The number of piperazine rings is 1. The van der Waals surface area contributed by atoms with Gasteiger partial charge >= 0.3 is 12.1 Å². The number of rotatable bonds is 3. The summed E-state index contributed by atoms with van der Waals surface area (Å²) in [6, 6.07) is 4.56. The molecule has 3 rings (SSSR count). The first kappa shape index (κ1) is 18.7. The zero-order chi connectivity index (χ0) is 19.7. The number of aromatic nitrogens is 1. The molecule has 9 heteroatoms. The molecule has 1 amide bonds. The van der Waals surface area contributed by atoms with Crippen LogP contribution in [-0.4, -0.2) is 59.1 Å². The van der Waals surface area contributed by atoms with Crippen LogP contribution in [0.15, 0.2) is 29.2 Å². The minimum atomic E-state index is -1.47. The van der Waals surface area contributed by atoms with Gasteiger partial charge in [0.25, 0.3) is 0 Å². The molecule has 1 aliphatic heterocycles. The molecule has 1 N–H and O–H groups in total. The molecule has 1 fully saturated rings. The van der Waals surface area contributed by atoms with Crippen molar-refractivity contribution in [3.63, 3.8) is 0 Å².